The van der Waals surface area contributed by atoms with Crippen LogP contribution in [-0.2, 0) is 12.7 Å². The van der Waals surface area contributed by atoms with E-state index in [0.717, 1.165) is 6.07 Å². The molecule has 0 aliphatic heterocycles. The van der Waals surface area contributed by atoms with Crippen LogP contribution in [0.2, 0.25) is 0 Å². The van der Waals surface area contributed by atoms with Crippen molar-refractivity contribution < 1.29 is 18.3 Å². The Morgan fingerprint density at radius 2 is 1.90 bits per heavy atom. The normalized spacial score (nSPS) is 13.0. The molecule has 0 aliphatic rings. The number of benzene rings is 1. The third kappa shape index (κ3) is 4.95. The molecular formula is C14H14F3N2OS-. The molecule has 0 spiro atoms. The number of isothiocyanates is 1. The Morgan fingerprint density at radius 1 is 1.29 bits per heavy atom. The molecule has 0 fully saturated rings. The number of halogens is 3. The Balaban J connectivity index is 3.13. The van der Waals surface area contributed by atoms with Crippen LogP contribution >= 0.6 is 12.2 Å². The van der Waals surface area contributed by atoms with Gasteiger partial charge < -0.3 is 10.1 Å². The molecule has 0 saturated carbocycles. The van der Waals surface area contributed by atoms with E-state index in [4.69, 9.17) is 0 Å². The van der Waals surface area contributed by atoms with Crippen molar-refractivity contribution in [3.05, 3.63) is 29.3 Å². The van der Waals surface area contributed by atoms with Gasteiger partial charge >= 0.3 is 6.18 Å². The zero-order chi connectivity index (χ0) is 16.3. The molecule has 0 amide bonds. The molecule has 0 radical (unpaired) electrons. The van der Waals surface area contributed by atoms with Gasteiger partial charge in [0, 0.05) is 0 Å². The fourth-order valence-corrected chi connectivity index (χ4v) is 1.56. The topological polar surface area (TPSA) is 47.8 Å². The average molecular weight is 315 g/mol. The average Bonchev–Trinajstić information content (AvgIpc) is 2.34. The molecule has 0 unspecified atom stereocenters. The highest BCUT2D eigenvalue weighted by atomic mass is 32.1. The van der Waals surface area contributed by atoms with Crippen LogP contribution in [0.5, 0.6) is 0 Å². The van der Waals surface area contributed by atoms with E-state index in [1.807, 2.05) is 5.16 Å². The monoisotopic (exact) mass is 315 g/mol. The van der Waals surface area contributed by atoms with Gasteiger partial charge in [-0.25, -0.2) is 0 Å². The molecule has 0 saturated heterocycles. The van der Waals surface area contributed by atoms with Crippen LogP contribution in [0.1, 0.15) is 31.9 Å². The third-order valence-corrected chi connectivity index (χ3v) is 2.67. The largest absolute Gasteiger partial charge is 0.862 e. The third-order valence-electron chi connectivity index (χ3n) is 2.58. The van der Waals surface area contributed by atoms with E-state index in [9.17, 15) is 18.3 Å². The van der Waals surface area contributed by atoms with Gasteiger partial charge in [-0.3, -0.25) is 0 Å². The van der Waals surface area contributed by atoms with Crippen LogP contribution in [0.4, 0.5) is 18.9 Å². The molecule has 0 aliphatic carbocycles. The van der Waals surface area contributed by atoms with Crippen molar-refractivity contribution in [3.63, 3.8) is 0 Å². The summed E-state index contributed by atoms with van der Waals surface area (Å²) in [4.78, 5) is 7.28. The molecule has 0 atom stereocenters. The predicted molar refractivity (Wildman–Crippen MR) is 76.7 cm³/mol. The zero-order valence-corrected chi connectivity index (χ0v) is 12.6. The first-order valence-corrected chi connectivity index (χ1v) is 6.46. The lowest BCUT2D eigenvalue weighted by Gasteiger charge is -2.26. The Hall–Kier alpha value is -1.72. The highest BCUT2D eigenvalue weighted by Gasteiger charge is 2.33. The summed E-state index contributed by atoms with van der Waals surface area (Å²) in [5, 5.41) is 13.6. The highest BCUT2D eigenvalue weighted by Crippen LogP contribution is 2.36. The van der Waals surface area contributed by atoms with Crippen LogP contribution in [0.25, 0.3) is 0 Å². The van der Waals surface area contributed by atoms with E-state index in [1.54, 1.807) is 20.8 Å². The van der Waals surface area contributed by atoms with E-state index in [1.165, 1.54) is 12.1 Å². The minimum atomic E-state index is -4.53. The van der Waals surface area contributed by atoms with Gasteiger partial charge in [0.1, 0.15) is 0 Å². The number of hydrogen-bond acceptors (Lipinski definition) is 4. The lowest BCUT2D eigenvalue weighted by Crippen LogP contribution is -2.32. The second kappa shape index (κ2) is 6.37. The first-order chi connectivity index (χ1) is 9.55. The summed E-state index contributed by atoms with van der Waals surface area (Å²) in [5.41, 5.74) is -1.40. The lowest BCUT2D eigenvalue weighted by molar-refractivity contribution is -0.229. The fourth-order valence-electron chi connectivity index (χ4n) is 1.46. The van der Waals surface area contributed by atoms with Gasteiger partial charge in [-0.1, -0.05) is 26.8 Å². The minimum absolute atomic E-state index is 0.00576. The molecule has 3 nitrogen and oxygen atoms in total. The summed E-state index contributed by atoms with van der Waals surface area (Å²) in [6.07, 6.45) is -4.53. The van der Waals surface area contributed by atoms with Gasteiger partial charge in [-0.15, -0.1) is 0 Å². The van der Waals surface area contributed by atoms with Gasteiger partial charge in [-0.05, 0) is 41.2 Å². The van der Waals surface area contributed by atoms with Gasteiger partial charge in [0.2, 0.25) is 0 Å². The molecule has 0 aromatic heterocycles. The maximum Gasteiger partial charge on any atom is 0.418 e. The number of aliphatic imine (C=N–C) groups is 2. The molecule has 1 aromatic rings. The van der Waals surface area contributed by atoms with Gasteiger partial charge in [0.05, 0.1) is 23.0 Å². The molecule has 1 aromatic carbocycles. The predicted octanol–water partition coefficient (Wildman–Crippen LogP) is 3.74. The minimum Gasteiger partial charge on any atom is -0.862 e. The molecule has 21 heavy (non-hydrogen) atoms. The van der Waals surface area contributed by atoms with Crippen LogP contribution in [0.15, 0.2) is 28.2 Å². The summed E-state index contributed by atoms with van der Waals surface area (Å²) < 4.78 is 38.3. The maximum atomic E-state index is 12.8. The first kappa shape index (κ1) is 17.3. The second-order valence-corrected chi connectivity index (χ2v) is 5.61. The van der Waals surface area contributed by atoms with E-state index in [2.05, 4.69) is 22.2 Å². The van der Waals surface area contributed by atoms with Crippen LogP contribution in [-0.4, -0.2) is 11.1 Å². The molecule has 0 heterocycles. The SMILES string of the molecule is CC(C)(C)C([O-])=NCc1ccc(C(F)(F)F)c(N=C=S)c1. The summed E-state index contributed by atoms with van der Waals surface area (Å²) in [7, 11) is 0. The van der Waals surface area contributed by atoms with Crippen molar-refractivity contribution in [2.45, 2.75) is 33.5 Å². The first-order valence-electron chi connectivity index (χ1n) is 6.05. The molecule has 0 bridgehead atoms. The maximum absolute atomic E-state index is 12.8. The summed E-state index contributed by atoms with van der Waals surface area (Å²) >= 11 is 4.35. The molecule has 114 valence electrons. The van der Waals surface area contributed by atoms with E-state index in [-0.39, 0.29) is 18.1 Å². The van der Waals surface area contributed by atoms with Crippen molar-refractivity contribution in [2.75, 3.05) is 0 Å². The highest BCUT2D eigenvalue weighted by molar-refractivity contribution is 7.78. The van der Waals surface area contributed by atoms with Crippen LogP contribution in [0.3, 0.4) is 0 Å². The molecular weight excluding hydrogens is 301 g/mol. The van der Waals surface area contributed by atoms with Crippen LogP contribution in [0, 0.1) is 5.41 Å². The zero-order valence-electron chi connectivity index (χ0n) is 11.8. The second-order valence-electron chi connectivity index (χ2n) is 5.42. The quantitative estimate of drug-likeness (QED) is 0.484. The lowest BCUT2D eigenvalue weighted by atomic mass is 9.97. The Morgan fingerprint density at radius 3 is 2.38 bits per heavy atom. The molecule has 0 N–H and O–H groups in total. The van der Waals surface area contributed by atoms with Crippen molar-refractivity contribution >= 4 is 29.0 Å². The van der Waals surface area contributed by atoms with Gasteiger partial charge in [0.25, 0.3) is 0 Å². The Kier molecular flexibility index (Phi) is 5.25. The number of hydrogen-bond donors (Lipinski definition) is 0. The molecule has 7 heteroatoms. The van der Waals surface area contributed by atoms with Crippen LogP contribution < -0.4 is 5.11 Å². The Labute approximate surface area is 126 Å². The van der Waals surface area contributed by atoms with E-state index >= 15 is 0 Å². The van der Waals surface area contributed by atoms with Crippen molar-refractivity contribution in [2.24, 2.45) is 15.4 Å². The van der Waals surface area contributed by atoms with E-state index < -0.39 is 17.2 Å². The number of alkyl halides is 3. The number of nitrogens with zero attached hydrogens (tertiary/aromatic N) is 2. The van der Waals surface area contributed by atoms with Gasteiger partial charge in [0.15, 0.2) is 0 Å². The summed E-state index contributed by atoms with van der Waals surface area (Å²) in [5.74, 6) is -0.317. The number of rotatable bonds is 3. The van der Waals surface area contributed by atoms with Crippen molar-refractivity contribution in [1.82, 2.24) is 0 Å². The summed E-state index contributed by atoms with van der Waals surface area (Å²) in [6, 6.07) is 3.38. The van der Waals surface area contributed by atoms with Crippen molar-refractivity contribution in [3.8, 4) is 0 Å². The standard InChI is InChI=1S/C14H15F3N2OS/c1-13(2,3)12(20)18-7-9-4-5-10(14(15,16)17)11(6-9)19-8-21/h4-6H,7H2,1-3H3,(H,18,20)/p-1. The number of thiocarbonyl (C=S) groups is 1. The smallest absolute Gasteiger partial charge is 0.418 e. The summed E-state index contributed by atoms with van der Waals surface area (Å²) in [6.45, 7) is 5.14. The fraction of sp³-hybridized carbons (Fsp3) is 0.429. The Bertz CT molecular complexity index is 597. The van der Waals surface area contributed by atoms with E-state index in [0.29, 0.717) is 5.56 Å². The van der Waals surface area contributed by atoms with Crippen molar-refractivity contribution in [1.29, 1.82) is 0 Å². The molecule has 1 rings (SSSR count). The van der Waals surface area contributed by atoms with Gasteiger partial charge in [-0.2, -0.15) is 18.2 Å².